The predicted octanol–water partition coefficient (Wildman–Crippen LogP) is 9.78. The van der Waals surface area contributed by atoms with Crippen LogP contribution in [0, 0.1) is 17.8 Å². The molecule has 3 aromatic carbocycles. The quantitative estimate of drug-likeness (QED) is 0.0775. The summed E-state index contributed by atoms with van der Waals surface area (Å²) in [6.45, 7) is 16.4. The van der Waals surface area contributed by atoms with Crippen molar-refractivity contribution >= 4 is 65.4 Å². The van der Waals surface area contributed by atoms with Gasteiger partial charge in [0.05, 0.1) is 36.5 Å². The monoisotopic (exact) mass is 1180 g/mol. The van der Waals surface area contributed by atoms with Crippen molar-refractivity contribution in [3.8, 4) is 11.8 Å². The Labute approximate surface area is 526 Å². The van der Waals surface area contributed by atoms with E-state index in [9.17, 15) is 14.4 Å². The Morgan fingerprint density at radius 3 is 1.16 bits per heavy atom. The van der Waals surface area contributed by atoms with Gasteiger partial charge in [0.15, 0.2) is 0 Å². The summed E-state index contributed by atoms with van der Waals surface area (Å²) in [5.41, 5.74) is 21.3. The normalized spacial score (nSPS) is 23.5. The summed E-state index contributed by atoms with van der Waals surface area (Å²) in [6.07, 6.45) is 21.2. The molecule has 3 saturated carbocycles. The van der Waals surface area contributed by atoms with Gasteiger partial charge in [-0.3, -0.25) is 14.4 Å². The molecule has 0 atom stereocenters. The van der Waals surface area contributed by atoms with Gasteiger partial charge in [0, 0.05) is 30.4 Å². The number of aliphatic carboxylic acids is 1. The maximum Gasteiger partial charge on any atom is 1.00 e. The average molecular weight is 1180 g/mol. The number of nitrogens with two attached hydrogens (primary N) is 2. The van der Waals surface area contributed by atoms with Gasteiger partial charge in [0.25, 0.3) is 0 Å². The molecule has 0 radical (unpaired) electrons. The number of nitrogens with zero attached hydrogens (tertiary/aromatic N) is 4. The number of carbonyl (C=O) groups is 3. The maximum atomic E-state index is 11.5. The number of rotatable bonds is 12. The van der Waals surface area contributed by atoms with Gasteiger partial charge in [-0.15, -0.1) is 0 Å². The Balaban J connectivity index is 0.000000185. The van der Waals surface area contributed by atoms with E-state index in [1.54, 1.807) is 0 Å². The van der Waals surface area contributed by atoms with Gasteiger partial charge in [-0.2, -0.15) is 0 Å². The summed E-state index contributed by atoms with van der Waals surface area (Å²) < 4.78 is 34.1. The van der Waals surface area contributed by atoms with Gasteiger partial charge in [0.1, 0.15) is 35.5 Å². The largest absolute Gasteiger partial charge is 1.00 e. The van der Waals surface area contributed by atoms with Crippen molar-refractivity contribution in [3.63, 3.8) is 0 Å². The van der Waals surface area contributed by atoms with Crippen LogP contribution in [-0.4, -0.2) is 92.2 Å². The van der Waals surface area contributed by atoms with Crippen molar-refractivity contribution in [1.29, 1.82) is 0 Å². The molecule has 5 aromatic rings. The van der Waals surface area contributed by atoms with Gasteiger partial charge in [0.2, 0.25) is 11.8 Å². The number of methoxy groups -OCH3 is 2. The van der Waals surface area contributed by atoms with Crippen LogP contribution in [-0.2, 0) is 33.2 Å². The third-order valence-corrected chi connectivity index (χ3v) is 19.0. The van der Waals surface area contributed by atoms with Crippen molar-refractivity contribution in [1.82, 2.24) is 19.9 Å². The van der Waals surface area contributed by atoms with Crippen molar-refractivity contribution < 1.29 is 72.1 Å². The molecule has 6 N–H and O–H groups in total. The van der Waals surface area contributed by atoms with Crippen molar-refractivity contribution in [2.24, 2.45) is 17.8 Å². The molecule has 0 unspecified atom stereocenters. The van der Waals surface area contributed by atoms with Crippen LogP contribution < -0.4 is 45.3 Å². The van der Waals surface area contributed by atoms with Crippen LogP contribution in [0.5, 0.6) is 11.8 Å². The van der Waals surface area contributed by atoms with E-state index in [0.717, 1.165) is 116 Å². The molecule has 19 heteroatoms. The second kappa shape index (κ2) is 28.7. The first-order valence-corrected chi connectivity index (χ1v) is 30.5. The number of anilines is 2. The van der Waals surface area contributed by atoms with E-state index in [0.29, 0.717) is 78.2 Å². The number of esters is 2. The molecule has 460 valence electrons. The predicted molar refractivity (Wildman–Crippen MR) is 335 cm³/mol. The minimum absolute atomic E-state index is 0. The molecule has 6 aliphatic rings. The number of hydrogen-bond acceptors (Lipinski definition) is 16. The minimum Gasteiger partial charge on any atom is -0.870 e. The van der Waals surface area contributed by atoms with E-state index >= 15 is 0 Å². The van der Waals surface area contributed by atoms with Crippen LogP contribution in [0.3, 0.4) is 0 Å². The molecule has 4 fully saturated rings. The summed E-state index contributed by atoms with van der Waals surface area (Å²) in [4.78, 5) is 50.5. The number of fused-ring (bicyclic) bond motifs is 2. The molecule has 3 aliphatic carbocycles. The van der Waals surface area contributed by atoms with Crippen molar-refractivity contribution in [3.05, 3.63) is 124 Å². The molecule has 0 amide bonds. The molecular weight excluding hydrogens is 1090 g/mol. The molecule has 0 bridgehead atoms. The maximum absolute atomic E-state index is 11.5. The molecule has 17 nitrogen and oxygen atoms in total. The van der Waals surface area contributed by atoms with Crippen molar-refractivity contribution in [2.75, 3.05) is 25.7 Å². The van der Waals surface area contributed by atoms with Crippen LogP contribution >= 0.6 is 0 Å². The third kappa shape index (κ3) is 16.4. The topological polar surface area (TPSA) is 260 Å². The Morgan fingerprint density at radius 1 is 0.517 bits per heavy atom. The van der Waals surface area contributed by atoms with E-state index in [-0.39, 0.29) is 54.6 Å². The standard InChI is InChI=1S/C24H29N3O3.C23H27N3O3.C21H31BO4.Li.H2O/c1-24(2)20(13-19-22(25)26-14-27-23(19)30-24)18-10-8-17(9-11-18)16-6-4-15(5-7-16)12-21(28)29-3;1-23(2)19(12-18-21(24)25-13-26-22(18)29-23)17-9-7-16(8-10-17)15-5-3-14(4-6-15)11-20(27)28;1-20(2)21(3,4)26-22(25-20)18-12-10-17(11-13-18)16-8-6-15(7-9-16)14-19(23)24-5;;/h8-11,13-16H,4-7,12H2,1-3H3,(H2,25,26,27);7-10,12-15H,3-6,11H2,1-2H3,(H,27,28)(H2,24,25,26);10-13,15-16H,6-9,14H2,1-5H3;;1H2/q;;;+1;/p-1. The van der Waals surface area contributed by atoms with Gasteiger partial charge in [-0.1, -0.05) is 72.8 Å². The zero-order valence-electron chi connectivity index (χ0n) is 52.9. The summed E-state index contributed by atoms with van der Waals surface area (Å²) in [7, 11) is 2.63. The van der Waals surface area contributed by atoms with E-state index in [4.69, 9.17) is 44.8 Å². The van der Waals surface area contributed by atoms with Gasteiger partial charge in [-0.25, -0.2) is 19.9 Å². The summed E-state index contributed by atoms with van der Waals surface area (Å²) in [6, 6.07) is 26.1. The fourth-order valence-corrected chi connectivity index (χ4v) is 13.1. The Kier molecular flexibility index (Phi) is 22.4. The summed E-state index contributed by atoms with van der Waals surface area (Å²) in [5, 5.41) is 8.99. The average Bonchev–Trinajstić information content (AvgIpc) is 1.69. The third-order valence-electron chi connectivity index (χ3n) is 19.0. The van der Waals surface area contributed by atoms with Crippen molar-refractivity contribution in [2.45, 2.75) is 192 Å². The molecule has 2 aromatic heterocycles. The number of aromatic nitrogens is 4. The SMILES string of the molecule is CC1(C)Oc2ncnc(N)c2C=C1c1ccc(C2CCC(CC(=O)O)CC2)cc1.COC(=O)CC1CCC(c2ccc(B3OC(C)(C)C(C)(C)O3)cc2)CC1.COC(=O)CC1CCC(c2ccc(C3=Cc4c(N)ncnc4OC3(C)C)cc2)CC1.[Li+].[OH-]. The number of carboxylic acid groups (broad SMARTS) is 1. The van der Waals surface area contributed by atoms with Crippen LogP contribution in [0.15, 0.2) is 85.5 Å². The Morgan fingerprint density at radius 2 is 0.839 bits per heavy atom. The fraction of sp³-hybridized carbons (Fsp3) is 0.515. The summed E-state index contributed by atoms with van der Waals surface area (Å²) >= 11 is 0. The van der Waals surface area contributed by atoms with Gasteiger partial charge < -0.3 is 50.3 Å². The molecule has 0 spiro atoms. The van der Waals surface area contributed by atoms with Crippen LogP contribution in [0.2, 0.25) is 0 Å². The van der Waals surface area contributed by atoms with E-state index in [1.165, 1.54) is 43.6 Å². The molecule has 3 aliphatic heterocycles. The zero-order valence-corrected chi connectivity index (χ0v) is 52.9. The zero-order chi connectivity index (χ0) is 60.8. The number of hydrogen-bond donors (Lipinski definition) is 3. The molecular formula is C68H88BLiN6O11. The van der Waals surface area contributed by atoms with Gasteiger partial charge in [-0.05, 0) is 213 Å². The number of carbonyl (C=O) groups excluding carboxylic acids is 2. The van der Waals surface area contributed by atoms with Gasteiger partial charge >= 0.3 is 43.9 Å². The fourth-order valence-electron chi connectivity index (χ4n) is 13.1. The number of ether oxygens (including phenoxy) is 4. The smallest absolute Gasteiger partial charge is 0.870 e. The number of nitrogen functional groups attached to an aromatic ring is 2. The van der Waals surface area contributed by atoms with Crippen LogP contribution in [0.25, 0.3) is 23.3 Å². The van der Waals surface area contributed by atoms with E-state index in [1.807, 2.05) is 39.8 Å². The summed E-state index contributed by atoms with van der Waals surface area (Å²) in [5.74, 6) is 3.89. The van der Waals surface area contributed by atoms with E-state index < -0.39 is 17.2 Å². The minimum atomic E-state index is -0.684. The Hall–Kier alpha value is -6.55. The van der Waals surface area contributed by atoms with E-state index in [2.05, 4.69) is 120 Å². The van der Waals surface area contributed by atoms with Crippen LogP contribution in [0.1, 0.15) is 208 Å². The first kappa shape index (κ1) is 68.0. The second-order valence-electron chi connectivity index (χ2n) is 26.1. The molecule has 1 saturated heterocycles. The second-order valence-corrected chi connectivity index (χ2v) is 26.1. The Bertz CT molecular complexity index is 3200. The number of carboxylic acids is 1. The first-order chi connectivity index (χ1) is 40.4. The molecule has 5 heterocycles. The van der Waals surface area contributed by atoms with Crippen LogP contribution in [0.4, 0.5) is 11.6 Å². The first-order valence-electron chi connectivity index (χ1n) is 30.5. The number of benzene rings is 3. The molecule has 11 rings (SSSR count). The molecule has 87 heavy (non-hydrogen) atoms.